The molecule has 0 saturated heterocycles. The molecule has 86 heavy (non-hydrogen) atoms. The number of likely N-dealkylation sites (N-methyl/N-ethyl adjacent to an activating group) is 1. The molecule has 0 aromatic rings. The molecule has 10 heteroatoms. The summed E-state index contributed by atoms with van der Waals surface area (Å²) in [5.74, 6) is -0.557. The second-order valence-corrected chi connectivity index (χ2v) is 26.8. The molecule has 3 atom stereocenters. The van der Waals surface area contributed by atoms with Crippen molar-refractivity contribution in [3.05, 3.63) is 97.2 Å². The lowest BCUT2D eigenvalue weighted by atomic mass is 10.0. The highest BCUT2D eigenvalue weighted by Crippen LogP contribution is 2.38. The van der Waals surface area contributed by atoms with E-state index in [9.17, 15) is 19.0 Å². The number of nitrogens with zero attached hydrogens (tertiary/aromatic N) is 1. The number of rotatable bonds is 65. The Bertz CT molecular complexity index is 1790. The summed E-state index contributed by atoms with van der Waals surface area (Å²) in [6, 6.07) is -0.904. The monoisotopic (exact) mass is 1220 g/mol. The molecule has 1 N–H and O–H groups in total. The first-order valence-electron chi connectivity index (χ1n) is 36.0. The number of esters is 1. The van der Waals surface area contributed by atoms with Gasteiger partial charge >= 0.3 is 5.97 Å². The van der Waals surface area contributed by atoms with E-state index in [0.717, 1.165) is 109 Å². The molecule has 1 amide bonds. The molecule has 0 saturated carbocycles. The van der Waals surface area contributed by atoms with Gasteiger partial charge in [0.25, 0.3) is 7.82 Å². The van der Waals surface area contributed by atoms with Crippen LogP contribution in [0.5, 0.6) is 0 Å². The second-order valence-electron chi connectivity index (χ2n) is 25.4. The van der Waals surface area contributed by atoms with Crippen molar-refractivity contribution in [2.75, 3.05) is 40.9 Å². The van der Waals surface area contributed by atoms with Crippen LogP contribution >= 0.6 is 7.82 Å². The number of hydrogen-bond donors (Lipinski definition) is 1. The van der Waals surface area contributed by atoms with Crippen molar-refractivity contribution in [2.24, 2.45) is 0 Å². The van der Waals surface area contributed by atoms with Gasteiger partial charge in [-0.25, -0.2) is 0 Å². The average molecular weight is 1220 g/mol. The van der Waals surface area contributed by atoms with E-state index >= 15 is 0 Å². The van der Waals surface area contributed by atoms with Crippen LogP contribution < -0.4 is 10.2 Å². The Labute approximate surface area is 532 Å². The fourth-order valence-corrected chi connectivity index (χ4v) is 11.0. The lowest BCUT2D eigenvalue weighted by Gasteiger charge is -2.30. The number of phosphoric acid groups is 1. The summed E-state index contributed by atoms with van der Waals surface area (Å²) in [5, 5.41) is 3.03. The van der Waals surface area contributed by atoms with E-state index in [1.54, 1.807) is 0 Å². The molecule has 0 radical (unpaired) electrons. The summed E-state index contributed by atoms with van der Waals surface area (Å²) in [6.07, 6.45) is 88.2. The highest BCUT2D eigenvalue weighted by atomic mass is 31.2. The summed E-state index contributed by atoms with van der Waals surface area (Å²) >= 11 is 0. The highest BCUT2D eigenvalue weighted by Gasteiger charge is 2.27. The van der Waals surface area contributed by atoms with Gasteiger partial charge in [0.05, 0.1) is 33.8 Å². The van der Waals surface area contributed by atoms with E-state index in [2.05, 4.69) is 111 Å². The van der Waals surface area contributed by atoms with Gasteiger partial charge in [-0.3, -0.25) is 14.2 Å². The van der Waals surface area contributed by atoms with Gasteiger partial charge in [-0.2, -0.15) is 0 Å². The maximum absolute atomic E-state index is 13.6. The Kier molecular flexibility index (Phi) is 62.6. The van der Waals surface area contributed by atoms with Crippen molar-refractivity contribution in [1.29, 1.82) is 0 Å². The summed E-state index contributed by atoms with van der Waals surface area (Å²) in [6.45, 7) is 6.71. The summed E-state index contributed by atoms with van der Waals surface area (Å²) in [7, 11) is 1.17. The molecule has 0 aliphatic rings. The van der Waals surface area contributed by atoms with Gasteiger partial charge in [-0.15, -0.1) is 0 Å². The molecule has 0 rings (SSSR count). The van der Waals surface area contributed by atoms with Crippen LogP contribution in [0.3, 0.4) is 0 Å². The van der Waals surface area contributed by atoms with Crippen molar-refractivity contribution in [1.82, 2.24) is 5.32 Å². The third-order valence-corrected chi connectivity index (χ3v) is 16.7. The maximum atomic E-state index is 13.6. The quantitative estimate of drug-likeness (QED) is 0.0212. The van der Waals surface area contributed by atoms with Crippen LogP contribution in [0.15, 0.2) is 97.2 Å². The average Bonchev–Trinajstić information content (AvgIpc) is 3.66. The molecule has 0 spiro atoms. The standard InChI is InChI=1S/C76H137N2O7P/c1-7-10-13-16-19-22-25-28-30-32-34-36-37-38-39-40-41-43-45-47-49-51-54-57-60-63-66-69-76(80)85-74(67-64-61-58-55-52-27-24-21-18-15-12-9-3)73(72-84-86(81,82)83-71-70-78(4,5)6)77-75(79)68-65-62-59-56-53-50-48-46-44-42-35-33-31-29-26-23-20-17-14-11-8-2/h11,14,19-20,22-23,28-31,35,42,46,48,64,67,73-74H,7-10,12-13,15-18,21,24-27,32-34,36-41,43-45,47,49-63,65-66,68-72H2,1-6H3,(H-,77,79,81,82)/b14-11-,22-19-,23-20-,30-28-,31-29-,42-35-,48-46-,67-64-. The molecule has 0 aliphatic carbocycles. The molecular weight excluding hydrogens is 1080 g/mol. The van der Waals surface area contributed by atoms with E-state index < -0.39 is 26.6 Å². The van der Waals surface area contributed by atoms with E-state index in [1.807, 2.05) is 33.3 Å². The van der Waals surface area contributed by atoms with Gasteiger partial charge in [-0.1, -0.05) is 298 Å². The van der Waals surface area contributed by atoms with Crippen LogP contribution in [0.4, 0.5) is 0 Å². The Balaban J connectivity index is 5.05. The lowest BCUT2D eigenvalue weighted by molar-refractivity contribution is -0.870. The molecule has 0 aromatic carbocycles. The first-order chi connectivity index (χ1) is 41.9. The van der Waals surface area contributed by atoms with Crippen LogP contribution in [-0.2, 0) is 27.9 Å². The number of unbranched alkanes of at least 4 members (excludes halogenated alkanes) is 35. The molecule has 0 bridgehead atoms. The predicted molar refractivity (Wildman–Crippen MR) is 371 cm³/mol. The zero-order valence-electron chi connectivity index (χ0n) is 57.0. The molecule has 9 nitrogen and oxygen atoms in total. The summed E-state index contributed by atoms with van der Waals surface area (Å²) in [5.41, 5.74) is 0. The van der Waals surface area contributed by atoms with Crippen LogP contribution in [0.2, 0.25) is 0 Å². The van der Waals surface area contributed by atoms with Crippen molar-refractivity contribution in [3.63, 3.8) is 0 Å². The van der Waals surface area contributed by atoms with E-state index in [-0.39, 0.29) is 24.9 Å². The van der Waals surface area contributed by atoms with Crippen LogP contribution in [-0.4, -0.2) is 69.4 Å². The lowest BCUT2D eigenvalue weighted by Crippen LogP contribution is -2.47. The normalized spacial score (nSPS) is 14.1. The Morgan fingerprint density at radius 1 is 0.419 bits per heavy atom. The van der Waals surface area contributed by atoms with Gasteiger partial charge in [-0.05, 0) is 109 Å². The number of nitrogens with one attached hydrogen (secondary N) is 1. The van der Waals surface area contributed by atoms with Gasteiger partial charge in [0.15, 0.2) is 0 Å². The third-order valence-electron chi connectivity index (χ3n) is 15.7. The Morgan fingerprint density at radius 3 is 1.14 bits per heavy atom. The van der Waals surface area contributed by atoms with E-state index in [0.29, 0.717) is 23.9 Å². The smallest absolute Gasteiger partial charge is 0.306 e. The minimum absolute atomic E-state index is 0.0294. The molecular formula is C76H137N2O7P. The van der Waals surface area contributed by atoms with Crippen LogP contribution in [0, 0.1) is 0 Å². The number of carbonyl (C=O) groups excluding carboxylic acids is 2. The highest BCUT2D eigenvalue weighted by molar-refractivity contribution is 7.45. The van der Waals surface area contributed by atoms with Crippen molar-refractivity contribution in [2.45, 2.75) is 335 Å². The van der Waals surface area contributed by atoms with Crippen LogP contribution in [0.25, 0.3) is 0 Å². The minimum atomic E-state index is -4.71. The summed E-state index contributed by atoms with van der Waals surface area (Å²) < 4.78 is 30.4. The Morgan fingerprint density at radius 2 is 0.744 bits per heavy atom. The number of amides is 1. The number of phosphoric ester groups is 1. The van der Waals surface area contributed by atoms with Gasteiger partial charge in [0.2, 0.25) is 5.91 Å². The number of hydrogen-bond acceptors (Lipinski definition) is 7. The van der Waals surface area contributed by atoms with Gasteiger partial charge in [0, 0.05) is 12.8 Å². The molecule has 0 heterocycles. The van der Waals surface area contributed by atoms with Gasteiger partial charge < -0.3 is 28.5 Å². The first kappa shape index (κ1) is 82.9. The number of allylic oxidation sites excluding steroid dienone is 15. The van der Waals surface area contributed by atoms with E-state index in [4.69, 9.17) is 13.8 Å². The Hall–Kier alpha value is -3.07. The molecule has 498 valence electrons. The zero-order chi connectivity index (χ0) is 62.8. The second kappa shape index (κ2) is 64.9. The predicted octanol–water partition coefficient (Wildman–Crippen LogP) is 22.4. The fourth-order valence-electron chi connectivity index (χ4n) is 10.2. The number of carbonyl (C=O) groups is 2. The van der Waals surface area contributed by atoms with Gasteiger partial charge in [0.1, 0.15) is 19.3 Å². The first-order valence-corrected chi connectivity index (χ1v) is 37.5. The topological polar surface area (TPSA) is 114 Å². The molecule has 0 aliphatic heterocycles. The third kappa shape index (κ3) is 65.4. The molecule has 0 fully saturated rings. The van der Waals surface area contributed by atoms with Crippen molar-refractivity contribution in [3.8, 4) is 0 Å². The number of quaternary nitrogens is 1. The maximum Gasteiger partial charge on any atom is 0.306 e. The van der Waals surface area contributed by atoms with Crippen LogP contribution in [0.1, 0.15) is 323 Å². The van der Waals surface area contributed by atoms with Crippen molar-refractivity contribution >= 4 is 19.7 Å². The zero-order valence-corrected chi connectivity index (χ0v) is 57.9. The SMILES string of the molecule is CC/C=C\C/C=C\C/C=C\C/C=C\C/C=C\CCCCCCCC(=O)NC(COP(=O)([O-])OCC[N+](C)(C)C)C(/C=C\CCCCCCCCCCCC)OC(=O)CCCCCCCCCCCCCCCCCCC/C=C\C/C=C\CCCCC. The largest absolute Gasteiger partial charge is 0.756 e. The molecule has 3 unspecified atom stereocenters. The molecule has 0 aromatic heterocycles. The van der Waals surface area contributed by atoms with E-state index in [1.165, 1.54) is 173 Å². The minimum Gasteiger partial charge on any atom is -0.756 e. The summed E-state index contributed by atoms with van der Waals surface area (Å²) in [4.78, 5) is 40.2. The van der Waals surface area contributed by atoms with Crippen molar-refractivity contribution < 1.29 is 37.3 Å². The number of ether oxygens (including phenoxy) is 1. The fraction of sp³-hybridized carbons (Fsp3) is 0.763.